The molecule has 1 heterocycles. The molecule has 0 aromatic heterocycles. The van der Waals surface area contributed by atoms with Gasteiger partial charge in [0, 0.05) is 0 Å². The van der Waals surface area contributed by atoms with E-state index in [0.717, 1.165) is 11.1 Å². The molecule has 0 spiro atoms. The fourth-order valence-electron chi connectivity index (χ4n) is 2.21. The van der Waals surface area contributed by atoms with Gasteiger partial charge in [0.1, 0.15) is 5.82 Å². The Labute approximate surface area is 124 Å². The van der Waals surface area contributed by atoms with E-state index >= 15 is 0 Å². The molecular weight excluding hydrogens is 331 g/mol. The number of hydrogen-bond donors (Lipinski definition) is 0. The lowest BCUT2D eigenvalue weighted by molar-refractivity contribution is 0.134. The van der Waals surface area contributed by atoms with Crippen LogP contribution in [-0.4, -0.2) is 0 Å². The topological polar surface area (TPSA) is 9.23 Å². The summed E-state index contributed by atoms with van der Waals surface area (Å²) < 4.78 is 19.4. The van der Waals surface area contributed by atoms with Crippen molar-refractivity contribution in [3.8, 4) is 0 Å². The molecule has 1 aliphatic rings. The summed E-state index contributed by atoms with van der Waals surface area (Å²) in [5, 5.41) is -0.353. The molecule has 1 aliphatic heterocycles. The summed E-state index contributed by atoms with van der Waals surface area (Å²) in [6.07, 6.45) is 0. The molecule has 1 atom stereocenters. The highest BCUT2D eigenvalue weighted by Gasteiger charge is 2.17. The number of fused-ring (bicyclic) bond motifs is 1. The van der Waals surface area contributed by atoms with Gasteiger partial charge in [-0.25, -0.2) is 4.39 Å². The molecular formula is C15H11BrClFO. The third-order valence-corrected chi connectivity index (χ3v) is 4.42. The molecule has 4 heteroatoms. The maximum Gasteiger partial charge on any atom is 0.137 e. The van der Waals surface area contributed by atoms with Crippen LogP contribution in [0.25, 0.3) is 0 Å². The Morgan fingerprint density at radius 2 is 1.74 bits per heavy atom. The highest BCUT2D eigenvalue weighted by Crippen LogP contribution is 2.33. The Hall–Kier alpha value is -0.900. The minimum Gasteiger partial charge on any atom is -0.372 e. The molecule has 1 unspecified atom stereocenters. The summed E-state index contributed by atoms with van der Waals surface area (Å²) in [5.41, 5.74) is 4.09. The van der Waals surface area contributed by atoms with Crippen LogP contribution in [0, 0.1) is 5.82 Å². The molecule has 2 aromatic carbocycles. The fourth-order valence-corrected chi connectivity index (χ4v) is 2.73. The van der Waals surface area contributed by atoms with Gasteiger partial charge in [0.05, 0.1) is 23.1 Å². The second-order valence-corrected chi connectivity index (χ2v) is 5.85. The third-order valence-electron chi connectivity index (χ3n) is 3.27. The lowest BCUT2D eigenvalue weighted by Gasteiger charge is -2.12. The molecule has 0 bridgehead atoms. The van der Waals surface area contributed by atoms with E-state index in [2.05, 4.69) is 15.9 Å². The second kappa shape index (κ2) is 5.23. The molecule has 0 saturated carbocycles. The first-order valence-corrected chi connectivity index (χ1v) is 7.16. The van der Waals surface area contributed by atoms with Crippen molar-refractivity contribution in [2.45, 2.75) is 18.6 Å². The van der Waals surface area contributed by atoms with Gasteiger partial charge in [-0.15, -0.1) is 11.6 Å². The highest BCUT2D eigenvalue weighted by atomic mass is 79.9. The fraction of sp³-hybridized carbons (Fsp3) is 0.200. The van der Waals surface area contributed by atoms with Crippen LogP contribution in [0.3, 0.4) is 0 Å². The van der Waals surface area contributed by atoms with Crippen molar-refractivity contribution < 1.29 is 9.13 Å². The van der Waals surface area contributed by atoms with Gasteiger partial charge in [-0.3, -0.25) is 0 Å². The molecule has 0 amide bonds. The van der Waals surface area contributed by atoms with Crippen molar-refractivity contribution in [2.24, 2.45) is 0 Å². The van der Waals surface area contributed by atoms with Crippen LogP contribution in [-0.2, 0) is 18.0 Å². The van der Waals surface area contributed by atoms with Crippen LogP contribution in [0.5, 0.6) is 0 Å². The zero-order valence-electron chi connectivity index (χ0n) is 10.00. The van der Waals surface area contributed by atoms with Crippen LogP contribution in [0.4, 0.5) is 4.39 Å². The number of rotatable bonds is 2. The van der Waals surface area contributed by atoms with E-state index < -0.39 is 0 Å². The minimum absolute atomic E-state index is 0.298. The van der Waals surface area contributed by atoms with Crippen LogP contribution in [0.2, 0.25) is 0 Å². The first kappa shape index (κ1) is 13.1. The maximum absolute atomic E-state index is 13.5. The first-order chi connectivity index (χ1) is 9.15. The number of benzene rings is 2. The first-order valence-electron chi connectivity index (χ1n) is 5.93. The summed E-state index contributed by atoms with van der Waals surface area (Å²) in [6, 6.07) is 11.0. The summed E-state index contributed by atoms with van der Waals surface area (Å²) in [4.78, 5) is 0. The lowest BCUT2D eigenvalue weighted by atomic mass is 10.00. The number of alkyl halides is 1. The van der Waals surface area contributed by atoms with E-state index in [-0.39, 0.29) is 11.2 Å². The van der Waals surface area contributed by atoms with Crippen molar-refractivity contribution in [2.75, 3.05) is 0 Å². The second-order valence-electron chi connectivity index (χ2n) is 4.56. The van der Waals surface area contributed by atoms with E-state index in [0.29, 0.717) is 17.7 Å². The van der Waals surface area contributed by atoms with Crippen LogP contribution in [0.15, 0.2) is 40.9 Å². The largest absolute Gasteiger partial charge is 0.372 e. The number of hydrogen-bond acceptors (Lipinski definition) is 1. The Balaban J connectivity index is 1.94. The van der Waals surface area contributed by atoms with Gasteiger partial charge in [-0.2, -0.15) is 0 Å². The minimum atomic E-state index is -0.353. The van der Waals surface area contributed by atoms with Crippen molar-refractivity contribution >= 4 is 27.5 Å². The molecule has 2 aromatic rings. The zero-order valence-corrected chi connectivity index (χ0v) is 12.3. The van der Waals surface area contributed by atoms with Gasteiger partial charge in [0.2, 0.25) is 0 Å². The normalized spacial score (nSPS) is 15.3. The summed E-state index contributed by atoms with van der Waals surface area (Å²) in [7, 11) is 0. The summed E-state index contributed by atoms with van der Waals surface area (Å²) in [5.74, 6) is -0.298. The van der Waals surface area contributed by atoms with E-state index in [4.69, 9.17) is 16.3 Å². The van der Waals surface area contributed by atoms with Gasteiger partial charge >= 0.3 is 0 Å². The predicted octanol–water partition coefficient (Wildman–Crippen LogP) is 4.95. The molecule has 0 saturated heterocycles. The highest BCUT2D eigenvalue weighted by molar-refractivity contribution is 9.10. The standard InChI is InChI=1S/C15H11BrClFO/c16-13-4-3-10(6-14(13)18)15(17)9-1-2-11-7-19-8-12(11)5-9/h1-6,15H,7-8H2. The number of ether oxygens (including phenoxy) is 1. The zero-order chi connectivity index (χ0) is 13.4. The van der Waals surface area contributed by atoms with Crippen LogP contribution < -0.4 is 0 Å². The van der Waals surface area contributed by atoms with Gasteiger partial charge in [0.25, 0.3) is 0 Å². The van der Waals surface area contributed by atoms with Crippen molar-refractivity contribution in [1.29, 1.82) is 0 Å². The van der Waals surface area contributed by atoms with E-state index in [1.807, 2.05) is 24.3 Å². The smallest absolute Gasteiger partial charge is 0.137 e. The molecule has 0 fully saturated rings. The Morgan fingerprint density at radius 3 is 2.53 bits per heavy atom. The van der Waals surface area contributed by atoms with Gasteiger partial charge in [0.15, 0.2) is 0 Å². The Bertz CT molecular complexity index is 630. The van der Waals surface area contributed by atoms with E-state index in [1.54, 1.807) is 6.07 Å². The Morgan fingerprint density at radius 1 is 1.05 bits per heavy atom. The van der Waals surface area contributed by atoms with Crippen LogP contribution >= 0.6 is 27.5 Å². The SMILES string of the molecule is Fc1cc(C(Cl)c2ccc3c(c2)COC3)ccc1Br. The predicted molar refractivity (Wildman–Crippen MR) is 76.7 cm³/mol. The maximum atomic E-state index is 13.5. The molecule has 0 aliphatic carbocycles. The monoisotopic (exact) mass is 340 g/mol. The quantitative estimate of drug-likeness (QED) is 0.703. The molecule has 0 N–H and O–H groups in total. The van der Waals surface area contributed by atoms with Gasteiger partial charge in [-0.1, -0.05) is 24.3 Å². The van der Waals surface area contributed by atoms with Crippen molar-refractivity contribution in [3.63, 3.8) is 0 Å². The van der Waals surface area contributed by atoms with Gasteiger partial charge < -0.3 is 4.74 Å². The molecule has 3 rings (SSSR count). The Kier molecular flexibility index (Phi) is 3.61. The van der Waals surface area contributed by atoms with E-state index in [1.165, 1.54) is 17.2 Å². The molecule has 0 radical (unpaired) electrons. The van der Waals surface area contributed by atoms with E-state index in [9.17, 15) is 4.39 Å². The lowest BCUT2D eigenvalue weighted by Crippen LogP contribution is -1.96. The van der Waals surface area contributed by atoms with Crippen molar-refractivity contribution in [3.05, 3.63) is 68.9 Å². The molecule has 98 valence electrons. The van der Waals surface area contributed by atoms with Gasteiger partial charge in [-0.05, 0) is 50.3 Å². The average Bonchev–Trinajstić information content (AvgIpc) is 2.88. The van der Waals surface area contributed by atoms with Crippen LogP contribution in [0.1, 0.15) is 27.6 Å². The summed E-state index contributed by atoms with van der Waals surface area (Å²) in [6.45, 7) is 1.29. The average molecular weight is 342 g/mol. The third kappa shape index (κ3) is 2.55. The van der Waals surface area contributed by atoms with Crippen molar-refractivity contribution in [1.82, 2.24) is 0 Å². The number of halogens is 3. The molecule has 19 heavy (non-hydrogen) atoms. The molecule has 1 nitrogen and oxygen atoms in total. The summed E-state index contributed by atoms with van der Waals surface area (Å²) >= 11 is 9.58.